The maximum atomic E-state index is 5.68. The summed E-state index contributed by atoms with van der Waals surface area (Å²) in [7, 11) is 1.65. The molecule has 1 aromatic rings. The standard InChI is InChI=1S/C15H24BrNO3/c1-3-4-9-19-10-7-17-8-11-20-15-6-5-13(18-2)12-14(15)16/h5-6,12,17H,3-4,7-11H2,1-2H3. The van der Waals surface area contributed by atoms with Gasteiger partial charge < -0.3 is 19.5 Å². The lowest BCUT2D eigenvalue weighted by Gasteiger charge is -2.10. The molecule has 0 unspecified atom stereocenters. The van der Waals surface area contributed by atoms with E-state index in [-0.39, 0.29) is 0 Å². The van der Waals surface area contributed by atoms with Crippen molar-refractivity contribution >= 4 is 15.9 Å². The molecule has 0 fully saturated rings. The number of ether oxygens (including phenoxy) is 3. The average molecular weight is 346 g/mol. The second-order valence-electron chi connectivity index (χ2n) is 4.36. The molecule has 0 radical (unpaired) electrons. The van der Waals surface area contributed by atoms with Crippen molar-refractivity contribution in [1.29, 1.82) is 0 Å². The summed E-state index contributed by atoms with van der Waals surface area (Å²) < 4.78 is 17.2. The lowest BCUT2D eigenvalue weighted by atomic mass is 10.3. The van der Waals surface area contributed by atoms with Crippen LogP contribution in [0, 0.1) is 0 Å². The second-order valence-corrected chi connectivity index (χ2v) is 5.22. The maximum absolute atomic E-state index is 5.68. The van der Waals surface area contributed by atoms with Crippen LogP contribution in [0.25, 0.3) is 0 Å². The highest BCUT2D eigenvalue weighted by atomic mass is 79.9. The molecule has 0 saturated heterocycles. The molecular weight excluding hydrogens is 322 g/mol. The van der Waals surface area contributed by atoms with Crippen molar-refractivity contribution in [2.75, 3.05) is 40.0 Å². The van der Waals surface area contributed by atoms with Gasteiger partial charge in [0.05, 0.1) is 18.2 Å². The zero-order valence-electron chi connectivity index (χ0n) is 12.3. The molecule has 0 saturated carbocycles. The Morgan fingerprint density at radius 1 is 1.15 bits per heavy atom. The van der Waals surface area contributed by atoms with Crippen molar-refractivity contribution < 1.29 is 14.2 Å². The van der Waals surface area contributed by atoms with Crippen LogP contribution in [-0.2, 0) is 4.74 Å². The van der Waals surface area contributed by atoms with E-state index in [2.05, 4.69) is 28.2 Å². The van der Waals surface area contributed by atoms with Gasteiger partial charge in [-0.25, -0.2) is 0 Å². The van der Waals surface area contributed by atoms with Gasteiger partial charge in [-0.1, -0.05) is 13.3 Å². The van der Waals surface area contributed by atoms with Crippen molar-refractivity contribution in [2.45, 2.75) is 19.8 Å². The summed E-state index contributed by atoms with van der Waals surface area (Å²) in [5.41, 5.74) is 0. The van der Waals surface area contributed by atoms with E-state index in [1.807, 2.05) is 18.2 Å². The number of hydrogen-bond acceptors (Lipinski definition) is 4. The molecule has 1 N–H and O–H groups in total. The first-order valence-electron chi connectivity index (χ1n) is 7.02. The van der Waals surface area contributed by atoms with E-state index in [4.69, 9.17) is 14.2 Å². The fourth-order valence-electron chi connectivity index (χ4n) is 1.58. The van der Waals surface area contributed by atoms with Crippen molar-refractivity contribution in [3.05, 3.63) is 22.7 Å². The van der Waals surface area contributed by atoms with Crippen LogP contribution in [0.15, 0.2) is 22.7 Å². The van der Waals surface area contributed by atoms with Crippen LogP contribution in [0.2, 0.25) is 0 Å². The topological polar surface area (TPSA) is 39.7 Å². The maximum Gasteiger partial charge on any atom is 0.133 e. The number of hydrogen-bond donors (Lipinski definition) is 1. The molecule has 1 rings (SSSR count). The van der Waals surface area contributed by atoms with E-state index in [0.717, 1.165) is 48.7 Å². The monoisotopic (exact) mass is 345 g/mol. The van der Waals surface area contributed by atoms with Crippen LogP contribution in [0.4, 0.5) is 0 Å². The molecule has 0 aliphatic carbocycles. The van der Waals surface area contributed by atoms with Crippen LogP contribution < -0.4 is 14.8 Å². The van der Waals surface area contributed by atoms with Gasteiger partial charge in [-0.15, -0.1) is 0 Å². The van der Waals surface area contributed by atoms with Gasteiger partial charge in [0.2, 0.25) is 0 Å². The Morgan fingerprint density at radius 3 is 2.65 bits per heavy atom. The van der Waals surface area contributed by atoms with E-state index in [9.17, 15) is 0 Å². The van der Waals surface area contributed by atoms with E-state index >= 15 is 0 Å². The van der Waals surface area contributed by atoms with Crippen LogP contribution in [0.5, 0.6) is 11.5 Å². The number of methoxy groups -OCH3 is 1. The van der Waals surface area contributed by atoms with E-state index in [1.165, 1.54) is 6.42 Å². The fourth-order valence-corrected chi connectivity index (χ4v) is 2.05. The minimum absolute atomic E-state index is 0.625. The van der Waals surface area contributed by atoms with Gasteiger partial charge in [0.15, 0.2) is 0 Å². The largest absolute Gasteiger partial charge is 0.497 e. The average Bonchev–Trinajstić information content (AvgIpc) is 2.47. The molecule has 0 aliphatic rings. The molecule has 0 aliphatic heterocycles. The van der Waals surface area contributed by atoms with E-state index in [0.29, 0.717) is 6.61 Å². The molecule has 0 atom stereocenters. The summed E-state index contributed by atoms with van der Waals surface area (Å²) in [6, 6.07) is 5.68. The molecule has 0 heterocycles. The van der Waals surface area contributed by atoms with Crippen molar-refractivity contribution in [2.24, 2.45) is 0 Å². The normalized spacial score (nSPS) is 10.6. The molecule has 0 spiro atoms. The molecule has 5 heteroatoms. The van der Waals surface area contributed by atoms with Crippen LogP contribution in [0.3, 0.4) is 0 Å². The van der Waals surface area contributed by atoms with Gasteiger partial charge in [0, 0.05) is 19.7 Å². The Kier molecular flexibility index (Phi) is 9.45. The quantitative estimate of drug-likeness (QED) is 0.625. The zero-order chi connectivity index (χ0) is 14.6. The number of benzene rings is 1. The third-order valence-corrected chi connectivity index (χ3v) is 3.36. The molecule has 114 valence electrons. The van der Waals surface area contributed by atoms with Crippen molar-refractivity contribution in [3.8, 4) is 11.5 Å². The van der Waals surface area contributed by atoms with Crippen molar-refractivity contribution in [3.63, 3.8) is 0 Å². The van der Waals surface area contributed by atoms with Gasteiger partial charge in [-0.2, -0.15) is 0 Å². The molecule has 0 amide bonds. The fraction of sp³-hybridized carbons (Fsp3) is 0.600. The molecule has 0 bridgehead atoms. The molecule has 1 aromatic carbocycles. The molecular formula is C15H24BrNO3. The summed E-state index contributed by atoms with van der Waals surface area (Å²) in [5, 5.41) is 3.28. The van der Waals surface area contributed by atoms with E-state index in [1.54, 1.807) is 7.11 Å². The first kappa shape index (κ1) is 17.3. The van der Waals surface area contributed by atoms with Gasteiger partial charge >= 0.3 is 0 Å². The smallest absolute Gasteiger partial charge is 0.133 e. The number of unbranched alkanes of at least 4 members (excludes halogenated alkanes) is 1. The highest BCUT2D eigenvalue weighted by molar-refractivity contribution is 9.10. The predicted octanol–water partition coefficient (Wildman–Crippen LogP) is 3.24. The Labute approximate surface area is 129 Å². The molecule has 20 heavy (non-hydrogen) atoms. The zero-order valence-corrected chi connectivity index (χ0v) is 13.9. The van der Waals surface area contributed by atoms with Gasteiger partial charge in [0.25, 0.3) is 0 Å². The minimum atomic E-state index is 0.625. The SMILES string of the molecule is CCCCOCCNCCOc1ccc(OC)cc1Br. The van der Waals surface area contributed by atoms with E-state index < -0.39 is 0 Å². The summed E-state index contributed by atoms with van der Waals surface area (Å²) in [5.74, 6) is 1.64. The van der Waals surface area contributed by atoms with Gasteiger partial charge in [-0.05, 0) is 40.5 Å². The third-order valence-electron chi connectivity index (χ3n) is 2.74. The molecule has 4 nitrogen and oxygen atoms in total. The summed E-state index contributed by atoms with van der Waals surface area (Å²) in [6.45, 7) is 6.06. The van der Waals surface area contributed by atoms with Crippen molar-refractivity contribution in [1.82, 2.24) is 5.32 Å². The predicted molar refractivity (Wildman–Crippen MR) is 84.8 cm³/mol. The van der Waals surface area contributed by atoms with Crippen LogP contribution in [0.1, 0.15) is 19.8 Å². The lowest BCUT2D eigenvalue weighted by Crippen LogP contribution is -2.25. The second kappa shape index (κ2) is 10.9. The van der Waals surface area contributed by atoms with Gasteiger partial charge in [0.1, 0.15) is 18.1 Å². The molecule has 0 aromatic heterocycles. The summed E-state index contributed by atoms with van der Waals surface area (Å²) in [4.78, 5) is 0. The highest BCUT2D eigenvalue weighted by Crippen LogP contribution is 2.28. The number of halogens is 1. The Balaban J connectivity index is 2.06. The van der Waals surface area contributed by atoms with Gasteiger partial charge in [-0.3, -0.25) is 0 Å². The van der Waals surface area contributed by atoms with Crippen LogP contribution >= 0.6 is 15.9 Å². The van der Waals surface area contributed by atoms with Crippen LogP contribution in [-0.4, -0.2) is 40.0 Å². The Morgan fingerprint density at radius 2 is 1.95 bits per heavy atom. The number of rotatable bonds is 11. The highest BCUT2D eigenvalue weighted by Gasteiger charge is 2.02. The first-order chi connectivity index (χ1) is 9.77. The summed E-state index contributed by atoms with van der Waals surface area (Å²) in [6.07, 6.45) is 2.31. The number of nitrogens with one attached hydrogen (secondary N) is 1. The Hall–Kier alpha value is -0.780. The first-order valence-corrected chi connectivity index (χ1v) is 7.82. The third kappa shape index (κ3) is 7.12. The minimum Gasteiger partial charge on any atom is -0.497 e. The summed E-state index contributed by atoms with van der Waals surface area (Å²) >= 11 is 3.46. The lowest BCUT2D eigenvalue weighted by molar-refractivity contribution is 0.132. The Bertz CT molecular complexity index is 374.